The number of likely N-dealkylation sites (tertiary alicyclic amines) is 1. The molecule has 3 rings (SSSR count). The molecule has 0 aliphatic carbocycles. The third-order valence-electron chi connectivity index (χ3n) is 4.24. The van der Waals surface area contributed by atoms with Gasteiger partial charge in [-0.25, -0.2) is 4.79 Å². The zero-order chi connectivity index (χ0) is 18.5. The van der Waals surface area contributed by atoms with Gasteiger partial charge in [-0.2, -0.15) is 5.06 Å². The highest BCUT2D eigenvalue weighted by Gasteiger charge is 2.37. The quantitative estimate of drug-likeness (QED) is 0.602. The first-order valence-electron chi connectivity index (χ1n) is 8.32. The van der Waals surface area contributed by atoms with Crippen molar-refractivity contribution in [2.24, 2.45) is 0 Å². The summed E-state index contributed by atoms with van der Waals surface area (Å²) < 4.78 is 6.07. The zero-order valence-electron chi connectivity index (χ0n) is 14.0. The lowest BCUT2D eigenvalue weighted by atomic mass is 10.2. The van der Waals surface area contributed by atoms with E-state index in [-0.39, 0.29) is 6.61 Å². The Balaban J connectivity index is 1.65. The molecule has 1 N–H and O–H groups in total. The van der Waals surface area contributed by atoms with Gasteiger partial charge in [-0.05, 0) is 36.6 Å². The summed E-state index contributed by atoms with van der Waals surface area (Å²) in [5.74, 6) is -0.544. The van der Waals surface area contributed by atoms with Crippen molar-refractivity contribution >= 4 is 33.6 Å². The van der Waals surface area contributed by atoms with E-state index in [1.807, 2.05) is 30.3 Å². The lowest BCUT2D eigenvalue weighted by Crippen LogP contribution is -2.47. The molecule has 136 valence electrons. The van der Waals surface area contributed by atoms with Crippen molar-refractivity contribution in [2.45, 2.75) is 25.5 Å². The monoisotopic (exact) mass is 418 g/mol. The van der Waals surface area contributed by atoms with Crippen LogP contribution in [-0.2, 0) is 16.1 Å². The highest BCUT2D eigenvalue weighted by atomic mass is 79.9. The molecule has 1 heterocycles. The fraction of sp³-hybridized carbons (Fsp3) is 0.263. The minimum atomic E-state index is -0.734. The van der Waals surface area contributed by atoms with Crippen LogP contribution in [0.3, 0.4) is 0 Å². The molecule has 1 aliphatic rings. The summed E-state index contributed by atoms with van der Waals surface area (Å²) in [7, 11) is 0. The van der Waals surface area contributed by atoms with E-state index in [2.05, 4.69) is 15.9 Å². The van der Waals surface area contributed by atoms with Gasteiger partial charge < -0.3 is 4.74 Å². The highest BCUT2D eigenvalue weighted by molar-refractivity contribution is 9.10. The standard InChI is InChI=1S/C19H19BrN2O4/c20-15-8-4-9-16(12-15)22(25)18(23)17-10-5-11-21(17)19(24)26-13-14-6-2-1-3-7-14/h1-4,6-9,12,17,25H,5,10-11,13H2. The molecule has 0 radical (unpaired) electrons. The normalized spacial score (nSPS) is 16.4. The van der Waals surface area contributed by atoms with Crippen LogP contribution in [-0.4, -0.2) is 34.7 Å². The first-order chi connectivity index (χ1) is 12.6. The number of carbonyl (C=O) groups excluding carboxylic acids is 2. The topological polar surface area (TPSA) is 70.1 Å². The van der Waals surface area contributed by atoms with E-state index in [9.17, 15) is 14.8 Å². The number of hydroxylamine groups is 1. The average molecular weight is 419 g/mol. The molecule has 1 aliphatic heterocycles. The summed E-state index contributed by atoms with van der Waals surface area (Å²) in [6, 6.07) is 15.4. The summed E-state index contributed by atoms with van der Waals surface area (Å²) >= 11 is 3.31. The van der Waals surface area contributed by atoms with E-state index in [4.69, 9.17) is 4.74 Å². The Bertz CT molecular complexity index is 784. The summed E-state index contributed by atoms with van der Waals surface area (Å²) in [5.41, 5.74) is 1.22. The molecule has 0 spiro atoms. The smallest absolute Gasteiger partial charge is 0.410 e. The van der Waals surface area contributed by atoms with Gasteiger partial charge in [0.1, 0.15) is 12.6 Å². The van der Waals surface area contributed by atoms with Crippen LogP contribution >= 0.6 is 15.9 Å². The molecule has 2 aromatic carbocycles. The van der Waals surface area contributed by atoms with Crippen molar-refractivity contribution in [3.63, 3.8) is 0 Å². The maximum Gasteiger partial charge on any atom is 0.410 e. The molecule has 0 aromatic heterocycles. The van der Waals surface area contributed by atoms with E-state index >= 15 is 0 Å². The number of anilines is 1. The van der Waals surface area contributed by atoms with Crippen LogP contribution < -0.4 is 5.06 Å². The van der Waals surface area contributed by atoms with E-state index in [0.29, 0.717) is 30.1 Å². The van der Waals surface area contributed by atoms with Gasteiger partial charge in [0.15, 0.2) is 0 Å². The average Bonchev–Trinajstić information content (AvgIpc) is 3.15. The maximum atomic E-state index is 12.7. The van der Waals surface area contributed by atoms with Crippen molar-refractivity contribution in [1.29, 1.82) is 0 Å². The van der Waals surface area contributed by atoms with Crippen molar-refractivity contribution in [1.82, 2.24) is 4.90 Å². The van der Waals surface area contributed by atoms with Gasteiger partial charge in [0.05, 0.1) is 5.69 Å². The van der Waals surface area contributed by atoms with Crippen LogP contribution in [0.2, 0.25) is 0 Å². The molecule has 1 saturated heterocycles. The second-order valence-corrected chi connectivity index (χ2v) is 6.94. The Labute approximate surface area is 160 Å². The third kappa shape index (κ3) is 4.23. The van der Waals surface area contributed by atoms with Crippen molar-refractivity contribution in [2.75, 3.05) is 11.6 Å². The van der Waals surface area contributed by atoms with Gasteiger partial charge in [0, 0.05) is 11.0 Å². The zero-order valence-corrected chi connectivity index (χ0v) is 15.6. The summed E-state index contributed by atoms with van der Waals surface area (Å²) in [6.07, 6.45) is 0.625. The third-order valence-corrected chi connectivity index (χ3v) is 4.73. The first-order valence-corrected chi connectivity index (χ1v) is 9.11. The van der Waals surface area contributed by atoms with Gasteiger partial charge in [-0.3, -0.25) is 14.9 Å². The highest BCUT2D eigenvalue weighted by Crippen LogP contribution is 2.24. The fourth-order valence-electron chi connectivity index (χ4n) is 2.92. The second kappa shape index (κ2) is 8.33. The maximum absolute atomic E-state index is 12.7. The van der Waals surface area contributed by atoms with Gasteiger partial charge in [0.25, 0.3) is 5.91 Å². The molecule has 1 atom stereocenters. The molecule has 6 nitrogen and oxygen atoms in total. The molecule has 2 aromatic rings. The number of amides is 2. The molecular formula is C19H19BrN2O4. The number of rotatable bonds is 4. The number of halogens is 1. The number of ether oxygens (including phenoxy) is 1. The van der Waals surface area contributed by atoms with Gasteiger partial charge >= 0.3 is 6.09 Å². The predicted molar refractivity (Wildman–Crippen MR) is 99.8 cm³/mol. The molecule has 26 heavy (non-hydrogen) atoms. The number of nitrogens with zero attached hydrogens (tertiary/aromatic N) is 2. The van der Waals surface area contributed by atoms with Crippen LogP contribution in [0, 0.1) is 0 Å². The van der Waals surface area contributed by atoms with Crippen molar-refractivity contribution in [3.8, 4) is 0 Å². The number of hydrogen-bond acceptors (Lipinski definition) is 4. The molecule has 1 fully saturated rings. The summed E-state index contributed by atoms with van der Waals surface area (Å²) in [5, 5.41) is 10.9. The Morgan fingerprint density at radius 3 is 2.69 bits per heavy atom. The Morgan fingerprint density at radius 2 is 1.96 bits per heavy atom. The van der Waals surface area contributed by atoms with E-state index < -0.39 is 18.0 Å². The minimum Gasteiger partial charge on any atom is -0.445 e. The lowest BCUT2D eigenvalue weighted by Gasteiger charge is -2.26. The molecule has 0 bridgehead atoms. The van der Waals surface area contributed by atoms with Gasteiger partial charge in [0.2, 0.25) is 0 Å². The number of hydrogen-bond donors (Lipinski definition) is 1. The van der Waals surface area contributed by atoms with Crippen LogP contribution in [0.1, 0.15) is 18.4 Å². The van der Waals surface area contributed by atoms with Gasteiger partial charge in [-0.1, -0.05) is 52.3 Å². The predicted octanol–water partition coefficient (Wildman–Crippen LogP) is 3.97. The second-order valence-electron chi connectivity index (χ2n) is 6.02. The first kappa shape index (κ1) is 18.4. The van der Waals surface area contributed by atoms with Crippen LogP contribution in [0.5, 0.6) is 0 Å². The molecule has 2 amide bonds. The number of benzene rings is 2. The minimum absolute atomic E-state index is 0.144. The largest absolute Gasteiger partial charge is 0.445 e. The summed E-state index contributed by atoms with van der Waals surface area (Å²) in [4.78, 5) is 26.4. The van der Waals surface area contributed by atoms with Gasteiger partial charge in [-0.15, -0.1) is 0 Å². The molecule has 0 saturated carbocycles. The fourth-order valence-corrected chi connectivity index (χ4v) is 3.31. The van der Waals surface area contributed by atoms with Crippen LogP contribution in [0.4, 0.5) is 10.5 Å². The van der Waals surface area contributed by atoms with Crippen LogP contribution in [0.15, 0.2) is 59.1 Å². The number of carbonyl (C=O) groups is 2. The molecular weight excluding hydrogens is 400 g/mol. The molecule has 7 heteroatoms. The van der Waals surface area contributed by atoms with E-state index in [1.54, 1.807) is 24.3 Å². The molecule has 1 unspecified atom stereocenters. The van der Waals surface area contributed by atoms with E-state index in [1.165, 1.54) is 4.90 Å². The Morgan fingerprint density at radius 1 is 1.19 bits per heavy atom. The van der Waals surface area contributed by atoms with E-state index in [0.717, 1.165) is 10.0 Å². The summed E-state index contributed by atoms with van der Waals surface area (Å²) in [6.45, 7) is 0.571. The SMILES string of the molecule is O=C(C1CCCN1C(=O)OCc1ccccc1)N(O)c1cccc(Br)c1. The van der Waals surface area contributed by atoms with Crippen LogP contribution in [0.25, 0.3) is 0 Å². The Kier molecular flexibility index (Phi) is 5.90. The van der Waals surface area contributed by atoms with Crippen molar-refractivity contribution < 1.29 is 19.5 Å². The van der Waals surface area contributed by atoms with Crippen molar-refractivity contribution in [3.05, 3.63) is 64.6 Å². The lowest BCUT2D eigenvalue weighted by molar-refractivity contribution is -0.127. The Hall–Kier alpha value is -2.38.